The van der Waals surface area contributed by atoms with Gasteiger partial charge in [-0.15, -0.1) is 0 Å². The van der Waals surface area contributed by atoms with E-state index in [1.807, 2.05) is 0 Å². The molecular formula is C9H20N2S. The summed E-state index contributed by atoms with van der Waals surface area (Å²) in [6.07, 6.45) is 2.07. The summed E-state index contributed by atoms with van der Waals surface area (Å²) in [5, 5.41) is 0. The number of nitrogens with zero attached hydrogens (tertiary/aromatic N) is 1. The maximum absolute atomic E-state index is 5.41. The first kappa shape index (κ1) is 11.8. The largest absolute Gasteiger partial charge is 0.393 e. The summed E-state index contributed by atoms with van der Waals surface area (Å²) in [5.41, 5.74) is 5.41. The Morgan fingerprint density at radius 3 is 2.58 bits per heavy atom. The van der Waals surface area contributed by atoms with Crippen molar-refractivity contribution in [2.45, 2.75) is 26.7 Å². The van der Waals surface area contributed by atoms with Crippen LogP contribution in [0.4, 0.5) is 0 Å². The van der Waals surface area contributed by atoms with E-state index in [-0.39, 0.29) is 0 Å². The van der Waals surface area contributed by atoms with Gasteiger partial charge in [0.25, 0.3) is 0 Å². The Morgan fingerprint density at radius 2 is 2.17 bits per heavy atom. The second kappa shape index (κ2) is 6.38. The van der Waals surface area contributed by atoms with Gasteiger partial charge in [-0.3, -0.25) is 0 Å². The van der Waals surface area contributed by atoms with Gasteiger partial charge in [-0.05, 0) is 13.0 Å². The number of rotatable bonds is 6. The molecule has 12 heavy (non-hydrogen) atoms. The van der Waals surface area contributed by atoms with E-state index in [0.29, 0.717) is 4.99 Å². The van der Waals surface area contributed by atoms with Crippen molar-refractivity contribution >= 4 is 17.2 Å². The molecule has 2 nitrogen and oxygen atoms in total. The molecule has 0 spiro atoms. The highest BCUT2D eigenvalue weighted by Crippen LogP contribution is 2.02. The van der Waals surface area contributed by atoms with Crippen molar-refractivity contribution in [2.24, 2.45) is 11.7 Å². The lowest BCUT2D eigenvalue weighted by molar-refractivity contribution is 0.289. The van der Waals surface area contributed by atoms with Gasteiger partial charge in [0.05, 0.1) is 4.99 Å². The molecule has 0 saturated heterocycles. The fraction of sp³-hybridized carbons (Fsp3) is 0.889. The molecule has 0 aromatic rings. The maximum Gasteiger partial charge on any atom is 0.0740 e. The molecule has 0 aliphatic carbocycles. The quantitative estimate of drug-likeness (QED) is 0.643. The molecule has 2 N–H and O–H groups in total. The van der Waals surface area contributed by atoms with Crippen LogP contribution in [0.15, 0.2) is 0 Å². The van der Waals surface area contributed by atoms with Crippen LogP contribution >= 0.6 is 12.2 Å². The Kier molecular flexibility index (Phi) is 6.30. The third kappa shape index (κ3) is 6.55. The number of hydrogen-bond donors (Lipinski definition) is 1. The molecule has 3 heteroatoms. The van der Waals surface area contributed by atoms with E-state index < -0.39 is 0 Å². The Balaban J connectivity index is 3.45. The molecule has 0 aromatic carbocycles. The summed E-state index contributed by atoms with van der Waals surface area (Å²) in [5.74, 6) is 0.765. The lowest BCUT2D eigenvalue weighted by Gasteiger charge is -2.19. The molecule has 0 heterocycles. The Labute approximate surface area is 81.1 Å². The number of thiocarbonyl (C=S) groups is 1. The summed E-state index contributed by atoms with van der Waals surface area (Å²) < 4.78 is 0. The minimum atomic E-state index is 0.617. The number of hydrogen-bond acceptors (Lipinski definition) is 2. The molecule has 0 fully saturated rings. The minimum Gasteiger partial charge on any atom is -0.393 e. The molecule has 0 aromatic heterocycles. The van der Waals surface area contributed by atoms with Crippen molar-refractivity contribution in [1.29, 1.82) is 0 Å². The van der Waals surface area contributed by atoms with E-state index >= 15 is 0 Å². The predicted molar refractivity (Wildman–Crippen MR) is 58.4 cm³/mol. The van der Waals surface area contributed by atoms with Gasteiger partial charge in [0.1, 0.15) is 0 Å². The van der Waals surface area contributed by atoms with Crippen LogP contribution in [0.1, 0.15) is 26.7 Å². The minimum absolute atomic E-state index is 0.617. The molecule has 0 aliphatic rings. The van der Waals surface area contributed by atoms with Crippen LogP contribution in [0, 0.1) is 5.92 Å². The molecule has 1 unspecified atom stereocenters. The van der Waals surface area contributed by atoms with Crippen LogP contribution < -0.4 is 5.73 Å². The van der Waals surface area contributed by atoms with Crippen molar-refractivity contribution in [3.05, 3.63) is 0 Å². The highest BCUT2D eigenvalue weighted by atomic mass is 32.1. The molecule has 0 amide bonds. The second-order valence-electron chi connectivity index (χ2n) is 3.49. The van der Waals surface area contributed by atoms with Gasteiger partial charge >= 0.3 is 0 Å². The smallest absolute Gasteiger partial charge is 0.0740 e. The first-order valence-electron chi connectivity index (χ1n) is 4.53. The highest BCUT2D eigenvalue weighted by Gasteiger charge is 2.03. The van der Waals surface area contributed by atoms with Crippen LogP contribution in [0.5, 0.6) is 0 Å². The molecule has 0 aliphatic heterocycles. The second-order valence-corrected chi connectivity index (χ2v) is 4.02. The average Bonchev–Trinajstić information content (AvgIpc) is 2.00. The highest BCUT2D eigenvalue weighted by molar-refractivity contribution is 7.80. The topological polar surface area (TPSA) is 29.3 Å². The summed E-state index contributed by atoms with van der Waals surface area (Å²) in [6.45, 7) is 6.60. The van der Waals surface area contributed by atoms with Gasteiger partial charge in [0.2, 0.25) is 0 Å². The fourth-order valence-electron chi connectivity index (χ4n) is 1.05. The zero-order valence-electron chi connectivity index (χ0n) is 8.34. The first-order chi connectivity index (χ1) is 5.56. The van der Waals surface area contributed by atoms with E-state index in [1.165, 1.54) is 6.42 Å². The molecule has 0 bridgehead atoms. The standard InChI is InChI=1S/C9H20N2S/c1-4-8(2)7-11(3)6-5-9(10)12/h8H,4-7H2,1-3H3,(H2,10,12). The predicted octanol–water partition coefficient (Wildman–Crippen LogP) is 1.64. The average molecular weight is 188 g/mol. The molecule has 1 atom stereocenters. The van der Waals surface area contributed by atoms with Crippen molar-refractivity contribution in [2.75, 3.05) is 20.1 Å². The summed E-state index contributed by atoms with van der Waals surface area (Å²) >= 11 is 4.81. The first-order valence-corrected chi connectivity index (χ1v) is 4.94. The summed E-state index contributed by atoms with van der Waals surface area (Å²) in [7, 11) is 2.12. The van der Waals surface area contributed by atoms with E-state index in [0.717, 1.165) is 25.4 Å². The molecule has 0 saturated carbocycles. The van der Waals surface area contributed by atoms with Crippen LogP contribution in [0.3, 0.4) is 0 Å². The van der Waals surface area contributed by atoms with Gasteiger partial charge < -0.3 is 10.6 Å². The van der Waals surface area contributed by atoms with Crippen molar-refractivity contribution in [3.8, 4) is 0 Å². The lowest BCUT2D eigenvalue weighted by atomic mass is 10.1. The van der Waals surface area contributed by atoms with Crippen LogP contribution in [0.25, 0.3) is 0 Å². The van der Waals surface area contributed by atoms with E-state index in [9.17, 15) is 0 Å². The van der Waals surface area contributed by atoms with Crippen LogP contribution in [-0.4, -0.2) is 30.0 Å². The Bertz CT molecular complexity index is 136. The molecule has 72 valence electrons. The monoisotopic (exact) mass is 188 g/mol. The summed E-state index contributed by atoms with van der Waals surface area (Å²) in [6, 6.07) is 0. The van der Waals surface area contributed by atoms with Gasteiger partial charge in [-0.1, -0.05) is 32.5 Å². The van der Waals surface area contributed by atoms with Gasteiger partial charge in [0.15, 0.2) is 0 Å². The molecule has 0 rings (SSSR count). The fourth-order valence-corrected chi connectivity index (χ4v) is 1.14. The van der Waals surface area contributed by atoms with E-state index in [4.69, 9.17) is 18.0 Å². The van der Waals surface area contributed by atoms with Gasteiger partial charge in [-0.2, -0.15) is 0 Å². The van der Waals surface area contributed by atoms with E-state index in [1.54, 1.807) is 0 Å². The van der Waals surface area contributed by atoms with Crippen LogP contribution in [0.2, 0.25) is 0 Å². The third-order valence-corrected chi connectivity index (χ3v) is 2.26. The zero-order valence-corrected chi connectivity index (χ0v) is 9.16. The van der Waals surface area contributed by atoms with Gasteiger partial charge in [0, 0.05) is 19.5 Å². The third-order valence-electron chi connectivity index (χ3n) is 2.06. The van der Waals surface area contributed by atoms with Crippen molar-refractivity contribution in [3.63, 3.8) is 0 Å². The molecular weight excluding hydrogens is 168 g/mol. The lowest BCUT2D eigenvalue weighted by Crippen LogP contribution is -2.27. The maximum atomic E-state index is 5.41. The number of nitrogens with two attached hydrogens (primary N) is 1. The van der Waals surface area contributed by atoms with Crippen molar-refractivity contribution < 1.29 is 0 Å². The van der Waals surface area contributed by atoms with Gasteiger partial charge in [-0.25, -0.2) is 0 Å². The Morgan fingerprint density at radius 1 is 1.58 bits per heavy atom. The van der Waals surface area contributed by atoms with E-state index in [2.05, 4.69) is 25.8 Å². The summed E-state index contributed by atoms with van der Waals surface area (Å²) in [4.78, 5) is 2.90. The van der Waals surface area contributed by atoms with Crippen molar-refractivity contribution in [1.82, 2.24) is 4.90 Å². The normalized spacial score (nSPS) is 13.3. The zero-order chi connectivity index (χ0) is 9.56. The van der Waals surface area contributed by atoms with Crippen LogP contribution in [-0.2, 0) is 0 Å². The Hall–Kier alpha value is -0.150. The molecule has 0 radical (unpaired) electrons. The SMILES string of the molecule is CCC(C)CN(C)CCC(N)=S.